The molecular weight excluding hydrogens is 316 g/mol. The van der Waals surface area contributed by atoms with Crippen molar-refractivity contribution in [3.8, 4) is 0 Å². The third-order valence-electron chi connectivity index (χ3n) is 4.50. The summed E-state index contributed by atoms with van der Waals surface area (Å²) >= 11 is 0. The molecule has 128 valence electrons. The van der Waals surface area contributed by atoms with E-state index in [1.807, 2.05) is 0 Å². The Morgan fingerprint density at radius 2 is 1.83 bits per heavy atom. The number of piperidine rings is 1. The van der Waals surface area contributed by atoms with Crippen molar-refractivity contribution in [3.63, 3.8) is 0 Å². The van der Waals surface area contributed by atoms with Gasteiger partial charge in [-0.15, -0.1) is 0 Å². The molecule has 2 heterocycles. The van der Waals surface area contributed by atoms with Crippen molar-refractivity contribution in [2.24, 2.45) is 0 Å². The largest absolute Gasteiger partial charge is 0.439 e. The van der Waals surface area contributed by atoms with E-state index in [4.69, 9.17) is 4.42 Å². The highest BCUT2D eigenvalue weighted by Gasteiger charge is 2.35. The van der Waals surface area contributed by atoms with Gasteiger partial charge in [0.2, 0.25) is 5.88 Å². The molecule has 1 fully saturated rings. The van der Waals surface area contributed by atoms with Crippen molar-refractivity contribution in [2.75, 3.05) is 18.0 Å². The topological polar surface area (TPSA) is 50.5 Å². The van der Waals surface area contributed by atoms with E-state index >= 15 is 0 Å². The number of fused-ring (bicyclic) bond motifs is 1. The first-order valence-electron chi connectivity index (χ1n) is 7.91. The minimum absolute atomic E-state index is 0.115. The number of ketones is 1. The maximum atomic E-state index is 13.4. The first kappa shape index (κ1) is 16.6. The van der Waals surface area contributed by atoms with Gasteiger partial charge in [-0.25, -0.2) is 8.78 Å². The second kappa shape index (κ2) is 5.69. The standard InChI is InChI=1S/C18H19F2NO3/c1-10-8-13(12(3)22)16-14(9-10)15(23)11(2)17(24-16)21-6-4-18(19,20)5-7-21/h8-9H,4-7H2,1-3H3. The van der Waals surface area contributed by atoms with Gasteiger partial charge < -0.3 is 9.32 Å². The zero-order valence-corrected chi connectivity index (χ0v) is 13.9. The number of carbonyl (C=O) groups is 1. The molecule has 24 heavy (non-hydrogen) atoms. The van der Waals surface area contributed by atoms with Crippen molar-refractivity contribution in [1.82, 2.24) is 0 Å². The molecule has 0 atom stereocenters. The van der Waals surface area contributed by atoms with Crippen LogP contribution in [-0.2, 0) is 0 Å². The average molecular weight is 335 g/mol. The van der Waals surface area contributed by atoms with Crippen LogP contribution in [0.3, 0.4) is 0 Å². The fourth-order valence-electron chi connectivity index (χ4n) is 3.12. The van der Waals surface area contributed by atoms with Crippen LogP contribution in [0, 0.1) is 13.8 Å². The van der Waals surface area contributed by atoms with E-state index in [0.717, 1.165) is 5.56 Å². The minimum Gasteiger partial charge on any atom is -0.439 e. The summed E-state index contributed by atoms with van der Waals surface area (Å²) in [5.41, 5.74) is 1.52. The van der Waals surface area contributed by atoms with Crippen molar-refractivity contribution in [3.05, 3.63) is 39.0 Å². The minimum atomic E-state index is -2.68. The Balaban J connectivity index is 2.18. The lowest BCUT2D eigenvalue weighted by molar-refractivity contribution is -0.0225. The number of nitrogens with zero attached hydrogens (tertiary/aromatic N) is 1. The summed E-state index contributed by atoms with van der Waals surface area (Å²) in [7, 11) is 0. The first-order chi connectivity index (χ1) is 11.2. The Hall–Kier alpha value is -2.24. The summed E-state index contributed by atoms with van der Waals surface area (Å²) in [6.07, 6.45) is -0.552. The molecule has 0 aliphatic carbocycles. The van der Waals surface area contributed by atoms with Crippen LogP contribution in [0.25, 0.3) is 11.0 Å². The van der Waals surface area contributed by atoms with Crippen molar-refractivity contribution in [2.45, 2.75) is 39.5 Å². The molecule has 2 aromatic rings. The monoisotopic (exact) mass is 335 g/mol. The molecule has 0 N–H and O–H groups in total. The number of benzene rings is 1. The van der Waals surface area contributed by atoms with Gasteiger partial charge >= 0.3 is 0 Å². The summed E-state index contributed by atoms with van der Waals surface area (Å²) in [5, 5.41) is 0.351. The van der Waals surface area contributed by atoms with Gasteiger partial charge in [0, 0.05) is 25.9 Å². The van der Waals surface area contributed by atoms with E-state index in [9.17, 15) is 18.4 Å². The van der Waals surface area contributed by atoms with Crippen molar-refractivity contribution in [1.29, 1.82) is 0 Å². The normalized spacial score (nSPS) is 17.3. The smallest absolute Gasteiger partial charge is 0.251 e. The van der Waals surface area contributed by atoms with Crippen LogP contribution in [0.1, 0.15) is 41.3 Å². The van der Waals surface area contributed by atoms with Crippen LogP contribution in [0.15, 0.2) is 21.3 Å². The second-order valence-corrected chi connectivity index (χ2v) is 6.45. The second-order valence-electron chi connectivity index (χ2n) is 6.45. The maximum absolute atomic E-state index is 13.4. The molecule has 6 heteroatoms. The summed E-state index contributed by atoms with van der Waals surface area (Å²) in [4.78, 5) is 26.3. The van der Waals surface area contributed by atoms with Gasteiger partial charge in [-0.3, -0.25) is 9.59 Å². The predicted molar refractivity (Wildman–Crippen MR) is 88.4 cm³/mol. The van der Waals surface area contributed by atoms with Crippen LogP contribution < -0.4 is 10.3 Å². The zero-order chi connectivity index (χ0) is 17.6. The third-order valence-corrected chi connectivity index (χ3v) is 4.50. The number of hydrogen-bond donors (Lipinski definition) is 0. The van der Waals surface area contributed by atoms with Crippen molar-refractivity contribution >= 4 is 22.6 Å². The Bertz CT molecular complexity index is 876. The fourth-order valence-corrected chi connectivity index (χ4v) is 3.12. The lowest BCUT2D eigenvalue weighted by Crippen LogP contribution is -2.40. The van der Waals surface area contributed by atoms with Gasteiger partial charge in [-0.2, -0.15) is 0 Å². The summed E-state index contributed by atoms with van der Waals surface area (Å²) in [5.74, 6) is -2.59. The average Bonchev–Trinajstić information content (AvgIpc) is 2.51. The van der Waals surface area contributed by atoms with Crippen LogP contribution in [0.4, 0.5) is 14.7 Å². The Labute approximate surface area is 138 Å². The molecular formula is C18H19F2NO3. The number of rotatable bonds is 2. The third kappa shape index (κ3) is 2.81. The van der Waals surface area contributed by atoms with Gasteiger partial charge in [0.1, 0.15) is 0 Å². The SMILES string of the molecule is CC(=O)c1cc(C)cc2c(=O)c(C)c(N3CCC(F)(F)CC3)oc12. The number of aryl methyl sites for hydroxylation is 1. The fraction of sp³-hybridized carbons (Fsp3) is 0.444. The first-order valence-corrected chi connectivity index (χ1v) is 7.91. The molecule has 0 radical (unpaired) electrons. The Kier molecular flexibility index (Phi) is 3.94. The molecule has 0 spiro atoms. The van der Waals surface area contributed by atoms with E-state index in [2.05, 4.69) is 0 Å². The van der Waals surface area contributed by atoms with Gasteiger partial charge in [0.15, 0.2) is 16.8 Å². The number of halogens is 2. The van der Waals surface area contributed by atoms with Gasteiger partial charge in [-0.05, 0) is 38.5 Å². The van der Waals surface area contributed by atoms with E-state index in [1.54, 1.807) is 30.9 Å². The molecule has 3 rings (SSSR count). The van der Waals surface area contributed by atoms with Crippen LogP contribution >= 0.6 is 0 Å². The molecule has 1 aromatic carbocycles. The highest BCUT2D eigenvalue weighted by Crippen LogP contribution is 2.33. The van der Waals surface area contributed by atoms with E-state index in [-0.39, 0.29) is 48.6 Å². The molecule has 0 amide bonds. The van der Waals surface area contributed by atoms with Crippen molar-refractivity contribution < 1.29 is 18.0 Å². The molecule has 1 aromatic heterocycles. The van der Waals surface area contributed by atoms with Gasteiger partial charge in [-0.1, -0.05) is 0 Å². The molecule has 0 saturated carbocycles. The quantitative estimate of drug-likeness (QED) is 0.782. The highest BCUT2D eigenvalue weighted by atomic mass is 19.3. The predicted octanol–water partition coefficient (Wildman–Crippen LogP) is 3.85. The summed E-state index contributed by atoms with van der Waals surface area (Å²) < 4.78 is 32.6. The number of carbonyl (C=O) groups excluding carboxylic acids is 1. The zero-order valence-electron chi connectivity index (χ0n) is 13.9. The molecule has 1 aliphatic heterocycles. The maximum Gasteiger partial charge on any atom is 0.251 e. The number of alkyl halides is 2. The van der Waals surface area contributed by atoms with Crippen LogP contribution in [0.5, 0.6) is 0 Å². The molecule has 0 bridgehead atoms. The summed E-state index contributed by atoms with van der Waals surface area (Å²) in [6.45, 7) is 5.08. The lowest BCUT2D eigenvalue weighted by Gasteiger charge is -2.32. The Morgan fingerprint density at radius 3 is 2.42 bits per heavy atom. The number of hydrogen-bond acceptors (Lipinski definition) is 4. The Morgan fingerprint density at radius 1 is 1.21 bits per heavy atom. The van der Waals surface area contributed by atoms with Crippen LogP contribution in [0.2, 0.25) is 0 Å². The van der Waals surface area contributed by atoms with Gasteiger partial charge in [0.05, 0.1) is 16.5 Å². The lowest BCUT2D eigenvalue weighted by atomic mass is 10.0. The van der Waals surface area contributed by atoms with Gasteiger partial charge in [0.25, 0.3) is 5.92 Å². The molecule has 0 unspecified atom stereocenters. The van der Waals surface area contributed by atoms with E-state index in [0.29, 0.717) is 16.5 Å². The van der Waals surface area contributed by atoms with E-state index in [1.165, 1.54) is 6.92 Å². The number of anilines is 1. The summed E-state index contributed by atoms with van der Waals surface area (Å²) in [6, 6.07) is 3.37. The molecule has 1 aliphatic rings. The number of Topliss-reactive ketones (excluding diaryl/α,β-unsaturated/α-hetero) is 1. The highest BCUT2D eigenvalue weighted by molar-refractivity contribution is 6.05. The molecule has 1 saturated heterocycles. The molecule has 4 nitrogen and oxygen atoms in total. The van der Waals surface area contributed by atoms with Crippen LogP contribution in [-0.4, -0.2) is 24.8 Å². The van der Waals surface area contributed by atoms with E-state index < -0.39 is 5.92 Å².